The Morgan fingerprint density at radius 3 is 2.62 bits per heavy atom. The summed E-state index contributed by atoms with van der Waals surface area (Å²) in [4.78, 5) is 40.8. The quantitative estimate of drug-likeness (QED) is 0.178. The third kappa shape index (κ3) is 6.93. The van der Waals surface area contributed by atoms with Gasteiger partial charge < -0.3 is 25.2 Å². The number of carbonyl (C=O) groups is 3. The predicted molar refractivity (Wildman–Crippen MR) is 137 cm³/mol. The minimum Gasteiger partial charge on any atom is -0.481 e. The maximum atomic E-state index is 13.0. The zero-order valence-corrected chi connectivity index (χ0v) is 21.9. The summed E-state index contributed by atoms with van der Waals surface area (Å²) in [5.74, 6) is -4.15. The minimum atomic E-state index is -2.07. The van der Waals surface area contributed by atoms with E-state index in [-0.39, 0.29) is 44.6 Å². The maximum Gasteiger partial charge on any atom is 0.303 e. The number of carboxylic acid groups (broad SMARTS) is 1. The molecule has 9 nitrogen and oxygen atoms in total. The van der Waals surface area contributed by atoms with Crippen LogP contribution in [0.25, 0.3) is 0 Å². The topological polar surface area (TPSA) is 154 Å². The molecular weight excluding hydrogens is 478 g/mol. The molecule has 0 aromatic rings. The van der Waals surface area contributed by atoms with Crippen molar-refractivity contribution in [1.29, 1.82) is 0 Å². The number of hydrogen-bond donors (Lipinski definition) is 4. The molecule has 2 fully saturated rings. The summed E-state index contributed by atoms with van der Waals surface area (Å²) >= 11 is 0. The van der Waals surface area contributed by atoms with E-state index >= 15 is 0 Å². The van der Waals surface area contributed by atoms with Crippen molar-refractivity contribution in [2.45, 2.75) is 121 Å². The van der Waals surface area contributed by atoms with Gasteiger partial charge >= 0.3 is 5.97 Å². The Morgan fingerprint density at radius 2 is 1.89 bits per heavy atom. The molecule has 0 aromatic heterocycles. The molecule has 2 bridgehead atoms. The van der Waals surface area contributed by atoms with Crippen LogP contribution < -0.4 is 0 Å². The van der Waals surface area contributed by atoms with Crippen molar-refractivity contribution in [3.05, 3.63) is 12.2 Å². The fourth-order valence-corrected chi connectivity index (χ4v) is 6.16. The fourth-order valence-electron chi connectivity index (χ4n) is 6.16. The van der Waals surface area contributed by atoms with Crippen molar-refractivity contribution in [3.63, 3.8) is 0 Å². The Hall–Kier alpha value is -1.94. The van der Waals surface area contributed by atoms with Gasteiger partial charge in [-0.2, -0.15) is 0 Å². The van der Waals surface area contributed by atoms with Crippen molar-refractivity contribution < 1.29 is 39.5 Å². The number of ether oxygens (including phenoxy) is 1. The molecule has 0 amide bonds. The largest absolute Gasteiger partial charge is 0.481 e. The molecule has 37 heavy (non-hydrogen) atoms. The summed E-state index contributed by atoms with van der Waals surface area (Å²) in [6, 6.07) is 0. The van der Waals surface area contributed by atoms with Gasteiger partial charge in [-0.3, -0.25) is 19.4 Å². The number of nitrogens with zero attached hydrogens (tertiary/aromatic N) is 1. The van der Waals surface area contributed by atoms with Gasteiger partial charge in [0.2, 0.25) is 5.79 Å². The first-order valence-electron chi connectivity index (χ1n) is 13.9. The Labute approximate surface area is 219 Å². The first-order valence-corrected chi connectivity index (χ1v) is 13.9. The van der Waals surface area contributed by atoms with Crippen LogP contribution in [0.3, 0.4) is 0 Å². The molecule has 0 radical (unpaired) electrons. The number of hydrogen-bond acceptors (Lipinski definition) is 8. The van der Waals surface area contributed by atoms with Crippen LogP contribution >= 0.6 is 0 Å². The highest BCUT2D eigenvalue weighted by Crippen LogP contribution is 2.56. The van der Waals surface area contributed by atoms with Crippen LogP contribution in [0.15, 0.2) is 17.1 Å². The van der Waals surface area contributed by atoms with Crippen LogP contribution in [0.1, 0.15) is 96.8 Å². The van der Waals surface area contributed by atoms with E-state index in [9.17, 15) is 29.7 Å². The number of unbranched alkanes of at least 4 members (excludes halogenated alkanes) is 6. The van der Waals surface area contributed by atoms with Crippen LogP contribution in [0.2, 0.25) is 0 Å². The SMILES string of the molecule is CCCCC=CC[C@H]1[C@H](CC(=O)[C@H](O)CCCCCCCC(=O)O)O[C@@]2(O)CC13C(=NC[C@H]3O)CC2=O. The second-order valence-corrected chi connectivity index (χ2v) is 10.9. The number of carboxylic acids is 1. The molecule has 0 aromatic carbocycles. The Morgan fingerprint density at radius 1 is 1.16 bits per heavy atom. The summed E-state index contributed by atoms with van der Waals surface area (Å²) in [7, 11) is 0. The highest BCUT2D eigenvalue weighted by molar-refractivity contribution is 6.11. The van der Waals surface area contributed by atoms with Gasteiger partial charge in [0, 0.05) is 36.3 Å². The van der Waals surface area contributed by atoms with Gasteiger partial charge in [0.25, 0.3) is 0 Å². The summed E-state index contributed by atoms with van der Waals surface area (Å²) in [6.07, 6.45) is 8.57. The highest BCUT2D eigenvalue weighted by atomic mass is 16.6. The number of ketones is 2. The molecule has 9 heteroatoms. The fraction of sp³-hybridized carbons (Fsp3) is 0.786. The van der Waals surface area contributed by atoms with Crippen LogP contribution in [0, 0.1) is 11.3 Å². The van der Waals surface area contributed by atoms with Gasteiger partial charge in [-0.05, 0) is 25.7 Å². The Bertz CT molecular complexity index is 885. The lowest BCUT2D eigenvalue weighted by molar-refractivity contribution is -0.285. The second kappa shape index (κ2) is 13.2. The van der Waals surface area contributed by atoms with Crippen molar-refractivity contribution in [3.8, 4) is 0 Å². The average Bonchev–Trinajstić information content (AvgIpc) is 3.14. The number of aliphatic hydroxyl groups is 3. The molecule has 1 aliphatic carbocycles. The zero-order chi connectivity index (χ0) is 27.1. The lowest BCUT2D eigenvalue weighted by Crippen LogP contribution is -2.67. The number of rotatable bonds is 16. The minimum absolute atomic E-state index is 0.0680. The van der Waals surface area contributed by atoms with E-state index in [1.54, 1.807) is 0 Å². The monoisotopic (exact) mass is 521 g/mol. The Balaban J connectivity index is 1.66. The van der Waals surface area contributed by atoms with Crippen LogP contribution in [0.5, 0.6) is 0 Å². The van der Waals surface area contributed by atoms with Gasteiger partial charge in [0.05, 0.1) is 25.2 Å². The number of aliphatic hydroxyl groups excluding tert-OH is 2. The van der Waals surface area contributed by atoms with E-state index in [0.29, 0.717) is 25.0 Å². The summed E-state index contributed by atoms with van der Waals surface area (Å²) < 4.78 is 5.94. The van der Waals surface area contributed by atoms with Gasteiger partial charge in [-0.25, -0.2) is 0 Å². The molecule has 1 spiro atoms. The number of carbonyl (C=O) groups excluding carboxylic acids is 2. The van der Waals surface area contributed by atoms with E-state index in [1.165, 1.54) is 0 Å². The van der Waals surface area contributed by atoms with Crippen molar-refractivity contribution in [2.24, 2.45) is 16.3 Å². The van der Waals surface area contributed by atoms with E-state index < -0.39 is 47.0 Å². The summed E-state index contributed by atoms with van der Waals surface area (Å²) in [5.41, 5.74) is -0.340. The summed E-state index contributed by atoms with van der Waals surface area (Å²) in [6.45, 7) is 2.27. The molecule has 4 N–H and O–H groups in total. The van der Waals surface area contributed by atoms with Gasteiger partial charge in [-0.15, -0.1) is 0 Å². The number of aliphatic imine (C=N–C) groups is 1. The lowest BCUT2D eigenvalue weighted by atomic mass is 9.56. The van der Waals surface area contributed by atoms with Gasteiger partial charge in [-0.1, -0.05) is 57.6 Å². The lowest BCUT2D eigenvalue weighted by Gasteiger charge is -2.55. The van der Waals surface area contributed by atoms with E-state index in [2.05, 4.69) is 18.0 Å². The van der Waals surface area contributed by atoms with Gasteiger partial charge in [0.1, 0.15) is 6.10 Å². The van der Waals surface area contributed by atoms with Gasteiger partial charge in [0.15, 0.2) is 11.6 Å². The molecule has 3 rings (SSSR count). The molecule has 208 valence electrons. The molecule has 3 aliphatic rings. The number of fused-ring (bicyclic) bond motifs is 1. The van der Waals surface area contributed by atoms with E-state index in [4.69, 9.17) is 9.84 Å². The van der Waals surface area contributed by atoms with Crippen molar-refractivity contribution in [2.75, 3.05) is 6.54 Å². The third-order valence-corrected chi connectivity index (χ3v) is 8.26. The van der Waals surface area contributed by atoms with Crippen molar-refractivity contribution >= 4 is 23.2 Å². The van der Waals surface area contributed by atoms with E-state index in [1.807, 2.05) is 6.08 Å². The smallest absolute Gasteiger partial charge is 0.303 e. The zero-order valence-electron chi connectivity index (χ0n) is 21.9. The molecule has 1 unspecified atom stereocenters. The highest BCUT2D eigenvalue weighted by Gasteiger charge is 2.67. The number of Topliss-reactive ketones (excluding diaryl/α,β-unsaturated/α-hetero) is 2. The standard InChI is InChI=1S/C28H43NO8/c1-2-3-4-6-9-12-19-22(15-21(31)20(30)13-10-7-5-8-11-14-26(34)35)37-28(36)18-27(19)23(16-24(28)32)29-17-25(27)33/h6,9,19-20,22,25,30,33,36H,2-5,7-8,10-18H2,1H3,(H,34,35)/t19-,20+,22-,25+,27?,28-/m0/s1. The van der Waals surface area contributed by atoms with Crippen molar-refractivity contribution in [1.82, 2.24) is 0 Å². The predicted octanol–water partition coefficient (Wildman–Crippen LogP) is 3.13. The first-order chi connectivity index (χ1) is 17.6. The molecular formula is C28H43NO8. The second-order valence-electron chi connectivity index (χ2n) is 10.9. The maximum absolute atomic E-state index is 13.0. The van der Waals surface area contributed by atoms with E-state index in [0.717, 1.165) is 38.5 Å². The number of aliphatic carboxylic acids is 1. The molecule has 1 saturated carbocycles. The number of allylic oxidation sites excluding steroid dienone is 2. The van der Waals surface area contributed by atoms with Crippen LogP contribution in [-0.2, 0) is 19.1 Å². The summed E-state index contributed by atoms with van der Waals surface area (Å²) in [5, 5.41) is 41.4. The first kappa shape index (κ1) is 29.6. The third-order valence-electron chi connectivity index (χ3n) is 8.26. The molecule has 2 heterocycles. The Kier molecular flexibility index (Phi) is 10.6. The molecule has 1 saturated heterocycles. The molecule has 6 atom stereocenters. The average molecular weight is 522 g/mol. The molecule has 2 aliphatic heterocycles. The van der Waals surface area contributed by atoms with Crippen LogP contribution in [-0.4, -0.2) is 74.3 Å². The normalized spacial score (nSPS) is 31.8. The van der Waals surface area contributed by atoms with Crippen LogP contribution in [0.4, 0.5) is 0 Å².